The van der Waals surface area contributed by atoms with Crippen LogP contribution in [0.3, 0.4) is 0 Å². The average Bonchev–Trinajstić information content (AvgIpc) is 3.79. The molecule has 2 bridgehead atoms. The number of carbonyl (C=O) groups excluding carboxylic acids is 1. The van der Waals surface area contributed by atoms with Crippen molar-refractivity contribution in [1.82, 2.24) is 10.6 Å². The van der Waals surface area contributed by atoms with Crippen LogP contribution in [0.1, 0.15) is 94.6 Å². The molecule has 0 spiro atoms. The molecule has 2 aromatic rings. The summed E-state index contributed by atoms with van der Waals surface area (Å²) in [5.74, 6) is 3.94. The van der Waals surface area contributed by atoms with Gasteiger partial charge in [-0.15, -0.1) is 0 Å². The summed E-state index contributed by atoms with van der Waals surface area (Å²) in [4.78, 5) is 18.8. The normalized spacial score (nSPS) is 27.6. The number of aliphatic imine (C=N–C) groups is 1. The van der Waals surface area contributed by atoms with Gasteiger partial charge in [0.1, 0.15) is 5.60 Å². The lowest BCUT2D eigenvalue weighted by Gasteiger charge is -2.33. The van der Waals surface area contributed by atoms with E-state index in [-0.39, 0.29) is 23.2 Å². The molecule has 12 heteroatoms. The minimum Gasteiger partial charge on any atom is -0.504 e. The Morgan fingerprint density at radius 2 is 1.87 bits per heavy atom. The second-order valence-corrected chi connectivity index (χ2v) is 18.5. The number of phenolic OH excluding ortho intramolecular Hbond substituents is 2. The highest BCUT2D eigenvalue weighted by Gasteiger charge is 2.47. The average molecular weight is 795 g/mol. The molecule has 6 rings (SSSR count). The van der Waals surface area contributed by atoms with Crippen LogP contribution in [0.2, 0.25) is 0 Å². The highest BCUT2D eigenvalue weighted by molar-refractivity contribution is 8.76. The van der Waals surface area contributed by atoms with E-state index < -0.39 is 11.0 Å². The van der Waals surface area contributed by atoms with Crippen molar-refractivity contribution in [3.8, 4) is 23.0 Å². The molecule has 0 saturated heterocycles. The second kappa shape index (κ2) is 19.9. The highest BCUT2D eigenvalue weighted by Crippen LogP contribution is 2.50. The van der Waals surface area contributed by atoms with Crippen LogP contribution in [0.25, 0.3) is 0 Å². The molecule has 3 saturated carbocycles. The summed E-state index contributed by atoms with van der Waals surface area (Å²) in [7, 11) is 8.71. The van der Waals surface area contributed by atoms with Crippen molar-refractivity contribution >= 4 is 39.0 Å². The van der Waals surface area contributed by atoms with Crippen molar-refractivity contribution in [2.45, 2.75) is 108 Å². The molecule has 0 amide bonds. The molecule has 4 atom stereocenters. The van der Waals surface area contributed by atoms with Crippen LogP contribution >= 0.6 is 21.6 Å². The van der Waals surface area contributed by atoms with E-state index in [9.17, 15) is 15.0 Å². The SMILES string of the molecule is CN=C1NCSSCC2CCCC2(Cc2ccc(O)c(OC)c2)C(=O)C=CCCc2cc(c(O)c(OC3(CNC)CCC(CCOC4CCCCC4)C3)c2)N1. The van der Waals surface area contributed by atoms with Crippen LogP contribution in [0.15, 0.2) is 47.5 Å². The first-order chi connectivity index (χ1) is 26.8. The number of guanidine groups is 1. The Bertz CT molecular complexity index is 1650. The Labute approximate surface area is 335 Å². The number of aryl methyl sites for hydroxylation is 1. The van der Waals surface area contributed by atoms with E-state index in [0.717, 1.165) is 68.4 Å². The Hall–Kier alpha value is -3.06. The van der Waals surface area contributed by atoms with Crippen molar-refractivity contribution < 1.29 is 29.2 Å². The van der Waals surface area contributed by atoms with Gasteiger partial charge in [-0.2, -0.15) is 0 Å². The number of benzene rings is 2. The predicted octanol–water partition coefficient (Wildman–Crippen LogP) is 8.41. The van der Waals surface area contributed by atoms with Gasteiger partial charge >= 0.3 is 0 Å². The van der Waals surface area contributed by atoms with Crippen molar-refractivity contribution in [1.29, 1.82) is 0 Å². The fraction of sp³-hybridized carbons (Fsp3) is 0.628. The van der Waals surface area contributed by atoms with E-state index in [4.69, 9.17) is 14.2 Å². The molecule has 0 radical (unpaired) electrons. The van der Waals surface area contributed by atoms with E-state index in [1.807, 2.05) is 43.5 Å². The van der Waals surface area contributed by atoms with Gasteiger partial charge in [0.05, 0.1) is 24.8 Å². The maximum atomic E-state index is 14.3. The van der Waals surface area contributed by atoms with Crippen molar-refractivity contribution in [3.05, 3.63) is 53.6 Å². The number of rotatable bonds is 11. The number of fused-ring (bicyclic) bond motifs is 3. The number of hydrogen-bond donors (Lipinski definition) is 5. The molecule has 1 aliphatic heterocycles. The maximum absolute atomic E-state index is 14.3. The summed E-state index contributed by atoms with van der Waals surface area (Å²) in [5.41, 5.74) is 1.55. The molecular formula is C43H62N4O6S2. The van der Waals surface area contributed by atoms with E-state index in [1.165, 1.54) is 32.1 Å². The third-order valence-corrected chi connectivity index (χ3v) is 14.5. The summed E-state index contributed by atoms with van der Waals surface area (Å²) in [6, 6.07) is 9.37. The molecule has 55 heavy (non-hydrogen) atoms. The molecule has 0 aromatic heterocycles. The number of ether oxygens (including phenoxy) is 3. The van der Waals surface area contributed by atoms with Crippen LogP contribution in [0.4, 0.5) is 5.69 Å². The number of methoxy groups -OCH3 is 1. The van der Waals surface area contributed by atoms with Gasteiger partial charge in [-0.3, -0.25) is 9.79 Å². The third-order valence-electron chi connectivity index (χ3n) is 12.3. The maximum Gasteiger partial charge on any atom is 0.196 e. The fourth-order valence-electron chi connectivity index (χ4n) is 9.31. The first kappa shape index (κ1) is 41.6. The molecule has 302 valence electrons. The standard InChI is InChI=1S/C43H62N4O6S2/c1-44-28-42(20-17-30(25-42)18-21-52-34-12-5-4-6-13-34)53-38-23-31-10-7-8-14-39(49)43(26-32-15-16-36(48)37(24-32)51-3)19-9-11-33(43)27-54-55-29-46-41(45-2)47-35(22-31)40(38)50/h8,14-16,22-24,30,33-34,44,48,50H,4-7,9-13,17-21,25-29H2,1-3H3,(H2,45,46,47). The van der Waals surface area contributed by atoms with Gasteiger partial charge in [-0.25, -0.2) is 0 Å². The predicted molar refractivity (Wildman–Crippen MR) is 226 cm³/mol. The zero-order chi connectivity index (χ0) is 38.7. The van der Waals surface area contributed by atoms with Crippen molar-refractivity contribution in [3.63, 3.8) is 0 Å². The first-order valence-corrected chi connectivity index (χ1v) is 22.9. The lowest BCUT2D eigenvalue weighted by Crippen LogP contribution is -2.42. The number of anilines is 1. The molecular weight excluding hydrogens is 733 g/mol. The molecule has 3 aliphatic carbocycles. The van der Waals surface area contributed by atoms with Crippen LogP contribution in [0, 0.1) is 17.3 Å². The number of phenols is 2. The number of hydrogen-bond acceptors (Lipinski definition) is 10. The van der Waals surface area contributed by atoms with Gasteiger partial charge in [0.15, 0.2) is 34.7 Å². The Morgan fingerprint density at radius 1 is 1.02 bits per heavy atom. The van der Waals surface area contributed by atoms with E-state index >= 15 is 0 Å². The molecule has 5 N–H and O–H groups in total. The summed E-state index contributed by atoms with van der Waals surface area (Å²) >= 11 is 0. The first-order valence-electron chi connectivity index (χ1n) is 20.4. The number of allylic oxidation sites excluding steroid dienone is 2. The minimum atomic E-state index is -0.527. The summed E-state index contributed by atoms with van der Waals surface area (Å²) in [5, 5.41) is 32.1. The van der Waals surface area contributed by atoms with Crippen molar-refractivity contribution in [2.75, 3.05) is 51.3 Å². The number of carbonyl (C=O) groups is 1. The zero-order valence-corrected chi connectivity index (χ0v) is 34.6. The number of nitrogens with one attached hydrogen (secondary N) is 3. The van der Waals surface area contributed by atoms with Gasteiger partial charge in [0.2, 0.25) is 0 Å². The van der Waals surface area contributed by atoms with Crippen LogP contribution in [-0.4, -0.2) is 79.6 Å². The Morgan fingerprint density at radius 3 is 2.67 bits per heavy atom. The number of likely N-dealkylation sites (N-methyl/N-ethyl adjacent to an activating group) is 1. The third kappa shape index (κ3) is 10.7. The van der Waals surface area contributed by atoms with Gasteiger partial charge in [-0.1, -0.05) is 59.4 Å². The highest BCUT2D eigenvalue weighted by atomic mass is 33.1. The number of ketones is 1. The molecule has 1 heterocycles. The van der Waals surface area contributed by atoms with E-state index in [1.54, 1.807) is 41.8 Å². The van der Waals surface area contributed by atoms with Gasteiger partial charge < -0.3 is 40.4 Å². The van der Waals surface area contributed by atoms with Gasteiger partial charge in [0, 0.05) is 31.4 Å². The topological polar surface area (TPSA) is 134 Å². The second-order valence-electron chi connectivity index (χ2n) is 16.0. The Balaban J connectivity index is 1.21. The summed E-state index contributed by atoms with van der Waals surface area (Å²) < 4.78 is 18.6. The molecule has 3 fully saturated rings. The lowest BCUT2D eigenvalue weighted by atomic mass is 9.70. The molecule has 4 unspecified atom stereocenters. The lowest BCUT2D eigenvalue weighted by molar-refractivity contribution is -0.125. The van der Waals surface area contributed by atoms with E-state index in [2.05, 4.69) is 20.9 Å². The number of aromatic hydroxyl groups is 2. The van der Waals surface area contributed by atoms with E-state index in [0.29, 0.717) is 66.9 Å². The van der Waals surface area contributed by atoms with Crippen molar-refractivity contribution in [2.24, 2.45) is 22.2 Å². The Kier molecular flexibility index (Phi) is 15.0. The van der Waals surface area contributed by atoms with Crippen LogP contribution < -0.4 is 25.4 Å². The largest absolute Gasteiger partial charge is 0.504 e. The summed E-state index contributed by atoms with van der Waals surface area (Å²) in [6.07, 6.45) is 19.1. The van der Waals surface area contributed by atoms with Gasteiger partial charge in [-0.05, 0) is 131 Å². The molecule has 4 aliphatic rings. The quantitative estimate of drug-likeness (QED) is 0.111. The fourth-order valence-corrected chi connectivity index (χ4v) is 11.5. The van der Waals surface area contributed by atoms with Gasteiger partial charge in [0.25, 0.3) is 0 Å². The molecule has 10 nitrogen and oxygen atoms in total. The monoisotopic (exact) mass is 794 g/mol. The number of nitrogens with zero attached hydrogens (tertiary/aromatic N) is 1. The van der Waals surface area contributed by atoms with Crippen LogP contribution in [0.5, 0.6) is 23.0 Å². The zero-order valence-electron chi connectivity index (χ0n) is 33.0. The molecule has 2 aromatic carbocycles. The summed E-state index contributed by atoms with van der Waals surface area (Å²) in [6.45, 7) is 1.48. The smallest absolute Gasteiger partial charge is 0.196 e. The minimum absolute atomic E-state index is 0.0672. The van der Waals surface area contributed by atoms with Crippen LogP contribution in [-0.2, 0) is 22.4 Å².